The van der Waals surface area contributed by atoms with E-state index in [9.17, 15) is 35.2 Å². The Morgan fingerprint density at radius 3 is 2.24 bits per heavy atom. The SMILES string of the molecule is CC(C)C12CCC(CS(=O)(=O)NC(=O)C(F)(F)S(=O)(=O)O)(C1)C(=O)C2. The Kier molecular flexibility index (Phi) is 4.58. The second-order valence-corrected chi connectivity index (χ2v) is 10.4. The monoisotopic (exact) mass is 403 g/mol. The maximum atomic E-state index is 13.2. The molecule has 2 atom stereocenters. The lowest BCUT2D eigenvalue weighted by Gasteiger charge is -2.30. The fourth-order valence-electron chi connectivity index (χ4n) is 3.85. The van der Waals surface area contributed by atoms with Crippen LogP contribution in [0.4, 0.5) is 8.78 Å². The van der Waals surface area contributed by atoms with Crippen LogP contribution in [0, 0.1) is 16.7 Å². The van der Waals surface area contributed by atoms with Crippen LogP contribution >= 0.6 is 0 Å². The first kappa shape index (κ1) is 20.2. The highest BCUT2D eigenvalue weighted by Gasteiger charge is 2.62. The molecule has 0 saturated heterocycles. The topological polar surface area (TPSA) is 135 Å². The van der Waals surface area contributed by atoms with Gasteiger partial charge in [0, 0.05) is 11.8 Å². The third kappa shape index (κ3) is 3.31. The minimum absolute atomic E-state index is 0.127. The van der Waals surface area contributed by atoms with E-state index in [1.165, 1.54) is 0 Å². The minimum Gasteiger partial charge on any atom is -0.299 e. The summed E-state index contributed by atoms with van der Waals surface area (Å²) in [6, 6.07) is 0. The third-order valence-corrected chi connectivity index (χ3v) is 7.69. The van der Waals surface area contributed by atoms with Crippen LogP contribution < -0.4 is 4.72 Å². The van der Waals surface area contributed by atoms with Gasteiger partial charge in [-0.2, -0.15) is 17.2 Å². The number of fused-ring (bicyclic) bond motifs is 2. The van der Waals surface area contributed by atoms with Crippen molar-refractivity contribution < 1.29 is 39.8 Å². The number of carbonyl (C=O) groups is 2. The molecule has 2 unspecified atom stereocenters. The number of halogens is 2. The normalized spacial score (nSPS) is 30.1. The summed E-state index contributed by atoms with van der Waals surface area (Å²) < 4.78 is 80.9. The van der Waals surface area contributed by atoms with E-state index in [2.05, 4.69) is 0 Å². The van der Waals surface area contributed by atoms with Crippen LogP contribution in [0.5, 0.6) is 0 Å². The highest BCUT2D eigenvalue weighted by atomic mass is 32.2. The molecule has 12 heteroatoms. The van der Waals surface area contributed by atoms with Crippen molar-refractivity contribution in [2.24, 2.45) is 16.7 Å². The number of nitrogens with one attached hydrogen (secondary N) is 1. The first-order chi connectivity index (χ1) is 11.1. The molecular formula is C13H19F2NO7S2. The molecule has 2 fully saturated rings. The molecule has 25 heavy (non-hydrogen) atoms. The number of amides is 1. The lowest BCUT2D eigenvalue weighted by Crippen LogP contribution is -2.50. The molecule has 2 aliphatic carbocycles. The molecule has 0 aromatic carbocycles. The van der Waals surface area contributed by atoms with E-state index < -0.39 is 42.5 Å². The zero-order valence-corrected chi connectivity index (χ0v) is 15.2. The maximum absolute atomic E-state index is 13.2. The van der Waals surface area contributed by atoms with Crippen molar-refractivity contribution in [3.63, 3.8) is 0 Å². The zero-order valence-electron chi connectivity index (χ0n) is 13.6. The van der Waals surface area contributed by atoms with Gasteiger partial charge in [-0.25, -0.2) is 13.1 Å². The molecule has 0 aliphatic heterocycles. The van der Waals surface area contributed by atoms with Crippen LogP contribution in [0.15, 0.2) is 0 Å². The number of hydrogen-bond acceptors (Lipinski definition) is 6. The fourth-order valence-corrected chi connectivity index (χ4v) is 5.82. The summed E-state index contributed by atoms with van der Waals surface area (Å²) in [7, 11) is -10.8. The van der Waals surface area contributed by atoms with Crippen LogP contribution in [-0.4, -0.2) is 44.1 Å². The van der Waals surface area contributed by atoms with E-state index in [-0.39, 0.29) is 36.4 Å². The molecule has 0 spiro atoms. The summed E-state index contributed by atoms with van der Waals surface area (Å²) in [6.07, 6.45) is 1.34. The predicted molar refractivity (Wildman–Crippen MR) is 81.6 cm³/mol. The Hall–Kier alpha value is -1.14. The number of ketones is 1. The number of rotatable bonds is 6. The van der Waals surface area contributed by atoms with E-state index >= 15 is 0 Å². The van der Waals surface area contributed by atoms with Gasteiger partial charge in [-0.1, -0.05) is 13.8 Å². The van der Waals surface area contributed by atoms with Gasteiger partial charge in [0.25, 0.3) is 0 Å². The van der Waals surface area contributed by atoms with Crippen molar-refractivity contribution in [2.45, 2.75) is 44.8 Å². The molecule has 2 saturated carbocycles. The van der Waals surface area contributed by atoms with E-state index in [0.29, 0.717) is 6.42 Å². The average molecular weight is 403 g/mol. The molecule has 0 aromatic heterocycles. The van der Waals surface area contributed by atoms with Gasteiger partial charge >= 0.3 is 21.3 Å². The van der Waals surface area contributed by atoms with Crippen molar-refractivity contribution in [3.8, 4) is 0 Å². The lowest BCUT2D eigenvalue weighted by atomic mass is 9.74. The van der Waals surface area contributed by atoms with Crippen LogP contribution in [0.2, 0.25) is 0 Å². The summed E-state index contributed by atoms with van der Waals surface area (Å²) in [5.74, 6) is -3.72. The second-order valence-electron chi connectivity index (χ2n) is 7.26. The van der Waals surface area contributed by atoms with Gasteiger partial charge in [-0.15, -0.1) is 0 Å². The van der Waals surface area contributed by atoms with Crippen LogP contribution in [0.25, 0.3) is 0 Å². The Bertz CT molecular complexity index is 821. The number of hydrogen-bond donors (Lipinski definition) is 2. The molecule has 2 rings (SSSR count). The number of sulfonamides is 1. The molecular weight excluding hydrogens is 384 g/mol. The molecule has 0 heterocycles. The Morgan fingerprint density at radius 2 is 1.84 bits per heavy atom. The van der Waals surface area contributed by atoms with Gasteiger partial charge in [-0.05, 0) is 30.6 Å². The Morgan fingerprint density at radius 1 is 1.28 bits per heavy atom. The van der Waals surface area contributed by atoms with E-state index in [1.54, 1.807) is 0 Å². The summed E-state index contributed by atoms with van der Waals surface area (Å²) >= 11 is 0. The summed E-state index contributed by atoms with van der Waals surface area (Å²) in [6.45, 7) is 3.83. The van der Waals surface area contributed by atoms with Crippen LogP contribution in [0.1, 0.15) is 39.5 Å². The number of alkyl halides is 2. The summed E-state index contributed by atoms with van der Waals surface area (Å²) in [4.78, 5) is 23.6. The molecule has 2 N–H and O–H groups in total. The van der Waals surface area contributed by atoms with E-state index in [0.717, 1.165) is 4.72 Å². The highest BCUT2D eigenvalue weighted by Crippen LogP contribution is 2.62. The first-order valence-corrected chi connectivity index (χ1v) is 10.6. The molecule has 0 radical (unpaired) electrons. The van der Waals surface area contributed by atoms with Gasteiger partial charge in [-0.3, -0.25) is 14.1 Å². The number of Topliss-reactive ketones (excluding diaryl/α,β-unsaturated/α-hetero) is 1. The highest BCUT2D eigenvalue weighted by molar-refractivity contribution is 7.90. The van der Waals surface area contributed by atoms with Crippen molar-refractivity contribution in [1.29, 1.82) is 0 Å². The van der Waals surface area contributed by atoms with Crippen LogP contribution in [0.3, 0.4) is 0 Å². The molecule has 144 valence electrons. The van der Waals surface area contributed by atoms with Crippen molar-refractivity contribution in [3.05, 3.63) is 0 Å². The fraction of sp³-hybridized carbons (Fsp3) is 0.846. The Labute approximate surface area is 144 Å². The molecule has 2 bridgehead atoms. The van der Waals surface area contributed by atoms with Gasteiger partial charge in [0.2, 0.25) is 10.0 Å². The maximum Gasteiger partial charge on any atom is 0.447 e. The number of carbonyl (C=O) groups excluding carboxylic acids is 2. The zero-order chi connectivity index (χ0) is 19.5. The summed E-state index contributed by atoms with van der Waals surface area (Å²) in [5, 5.41) is -5.31. The molecule has 0 aromatic rings. The van der Waals surface area contributed by atoms with E-state index in [1.807, 2.05) is 13.8 Å². The molecule has 8 nitrogen and oxygen atoms in total. The third-order valence-electron chi connectivity index (χ3n) is 5.42. The van der Waals surface area contributed by atoms with Crippen molar-refractivity contribution in [2.75, 3.05) is 5.75 Å². The molecule has 2 aliphatic rings. The Balaban J connectivity index is 2.21. The lowest BCUT2D eigenvalue weighted by molar-refractivity contribution is -0.134. The first-order valence-electron chi connectivity index (χ1n) is 7.50. The second kappa shape index (κ2) is 5.68. The standard InChI is InChI=1S/C13H19F2NO7S2/c1-8(2)11-3-4-12(6-11,9(17)5-11)7-24(19,20)16-10(18)13(14,15)25(21,22)23/h8H,3-7H2,1-2H3,(H,16,18)(H,21,22,23). The smallest absolute Gasteiger partial charge is 0.299 e. The summed E-state index contributed by atoms with van der Waals surface area (Å²) in [5.41, 5.74) is -1.60. The largest absolute Gasteiger partial charge is 0.447 e. The van der Waals surface area contributed by atoms with Gasteiger partial charge < -0.3 is 0 Å². The van der Waals surface area contributed by atoms with Gasteiger partial charge in [0.05, 0.1) is 5.75 Å². The van der Waals surface area contributed by atoms with Crippen molar-refractivity contribution >= 4 is 31.8 Å². The van der Waals surface area contributed by atoms with E-state index in [4.69, 9.17) is 4.55 Å². The van der Waals surface area contributed by atoms with Gasteiger partial charge in [0.1, 0.15) is 5.78 Å². The van der Waals surface area contributed by atoms with Gasteiger partial charge in [0.15, 0.2) is 0 Å². The van der Waals surface area contributed by atoms with Crippen molar-refractivity contribution in [1.82, 2.24) is 4.72 Å². The van der Waals surface area contributed by atoms with Crippen LogP contribution in [-0.2, 0) is 29.7 Å². The quantitative estimate of drug-likeness (QED) is 0.623. The average Bonchev–Trinajstić information content (AvgIpc) is 2.89. The molecule has 1 amide bonds. The minimum atomic E-state index is -6.12. The predicted octanol–water partition coefficient (Wildman–Crippen LogP) is 0.698.